The number of nitrogens with two attached hydrogens (primary N) is 1. The first-order valence-corrected chi connectivity index (χ1v) is 23.5. The third-order valence-corrected chi connectivity index (χ3v) is 12.8. The van der Waals surface area contributed by atoms with Crippen LogP contribution in [0.15, 0.2) is 21.9 Å². The first-order valence-electron chi connectivity index (χ1n) is 23.5. The molecule has 0 aromatic carbocycles. The zero-order valence-corrected chi connectivity index (χ0v) is 39.9. The van der Waals surface area contributed by atoms with Gasteiger partial charge in [0, 0.05) is 52.4 Å². The van der Waals surface area contributed by atoms with Crippen molar-refractivity contribution in [2.24, 2.45) is 17.6 Å². The number of carbonyl (C=O) groups is 5. The molecule has 0 bridgehead atoms. The van der Waals surface area contributed by atoms with Crippen molar-refractivity contribution in [1.82, 2.24) is 19.4 Å². The number of aromatic amines is 1. The van der Waals surface area contributed by atoms with E-state index in [2.05, 4.69) is 13.8 Å². The first-order chi connectivity index (χ1) is 32.2. The fourth-order valence-corrected chi connectivity index (χ4v) is 9.14. The van der Waals surface area contributed by atoms with Gasteiger partial charge in [0.1, 0.15) is 61.0 Å². The molecule has 68 heavy (non-hydrogen) atoms. The molecule has 23 heteroatoms. The number of amides is 1. The van der Waals surface area contributed by atoms with E-state index in [0.29, 0.717) is 12.3 Å². The van der Waals surface area contributed by atoms with Crippen molar-refractivity contribution in [2.75, 3.05) is 34.3 Å². The zero-order chi connectivity index (χ0) is 50.4. The summed E-state index contributed by atoms with van der Waals surface area (Å²) < 4.78 is 36.1. The SMILES string of the molecule is COC1C(OC(C2OC(n3ccc(=O)[nH]c3=O)C(O)C2O)C2C(=O)N(C)C(C(=O)O)C(OC(=O)CC(CCCCCCCCCCC(C)C)OC(=O)CC(C)CC(=O)O)CN2C)OC(CN)C1O. The van der Waals surface area contributed by atoms with Gasteiger partial charge in [-0.2, -0.15) is 0 Å². The van der Waals surface area contributed by atoms with Crippen LogP contribution in [0.25, 0.3) is 0 Å². The Kier molecular flexibility index (Phi) is 22.0. The number of nitrogens with one attached hydrogen (secondary N) is 1. The smallest absolute Gasteiger partial charge is 0.330 e. The van der Waals surface area contributed by atoms with Gasteiger partial charge in [-0.15, -0.1) is 0 Å². The van der Waals surface area contributed by atoms with Gasteiger partial charge in [-0.3, -0.25) is 38.4 Å². The second-order valence-electron chi connectivity index (χ2n) is 18.7. The van der Waals surface area contributed by atoms with Gasteiger partial charge >= 0.3 is 29.6 Å². The summed E-state index contributed by atoms with van der Waals surface area (Å²) in [6, 6.07) is -2.46. The second-order valence-corrected chi connectivity index (χ2v) is 18.7. The maximum Gasteiger partial charge on any atom is 0.330 e. The van der Waals surface area contributed by atoms with E-state index in [4.69, 9.17) is 34.2 Å². The molecule has 23 nitrogen and oxygen atoms in total. The van der Waals surface area contributed by atoms with Crippen LogP contribution >= 0.6 is 0 Å². The number of hydrogen-bond donors (Lipinski definition) is 7. The Morgan fingerprint density at radius 2 is 1.49 bits per heavy atom. The van der Waals surface area contributed by atoms with Crippen molar-refractivity contribution < 1.29 is 77.9 Å². The number of carbonyl (C=O) groups excluding carboxylic acids is 3. The van der Waals surface area contributed by atoms with Crippen molar-refractivity contribution in [2.45, 2.75) is 184 Å². The van der Waals surface area contributed by atoms with Gasteiger partial charge in [0.2, 0.25) is 5.91 Å². The number of carboxylic acid groups (broad SMARTS) is 2. The van der Waals surface area contributed by atoms with Crippen LogP contribution in [-0.2, 0) is 52.4 Å². The number of likely N-dealkylation sites (N-methyl/N-ethyl adjacent to an activating group) is 2. The van der Waals surface area contributed by atoms with E-state index in [1.807, 2.05) is 4.98 Å². The van der Waals surface area contributed by atoms with E-state index in [-0.39, 0.29) is 25.8 Å². The number of aliphatic hydroxyl groups is 3. The fraction of sp³-hybridized carbons (Fsp3) is 0.800. The van der Waals surface area contributed by atoms with Gasteiger partial charge in [0.15, 0.2) is 18.6 Å². The Hall–Kier alpha value is -4.33. The molecule has 1 aromatic heterocycles. The van der Waals surface area contributed by atoms with Crippen LogP contribution in [0, 0.1) is 11.8 Å². The molecular weight excluding hydrogens is 899 g/mol. The van der Waals surface area contributed by atoms with Gasteiger partial charge in [0.25, 0.3) is 5.56 Å². The Balaban J connectivity index is 1.58. The van der Waals surface area contributed by atoms with Crippen molar-refractivity contribution in [3.8, 4) is 0 Å². The van der Waals surface area contributed by atoms with Gasteiger partial charge in [-0.1, -0.05) is 72.1 Å². The molecule has 0 aliphatic carbocycles. The number of unbranched alkanes of at least 4 members (excludes halogenated alkanes) is 7. The highest BCUT2D eigenvalue weighted by Crippen LogP contribution is 2.37. The standard InChI is InChI=1S/C45H73N5O18/c1-24(2)15-13-11-9-7-8-10-12-14-16-26(64-31(54)20-25(3)19-30(52)53)21-32(55)65-28-23-48(4)34(41(59)49(5)33(28)43(60)61)38(68-44-40(63-6)35(56)27(22-46)66-44)39-36(57)37(58)42(67-39)50-18-17-29(51)47-45(50)62/h17-18,24-28,33-40,42,44,56-58H,7-16,19-23,46H2,1-6H3,(H,52,53)(H,60,61)(H,47,51,62). The molecule has 4 rings (SSSR count). The third kappa shape index (κ3) is 15.3. The van der Waals surface area contributed by atoms with E-state index in [9.17, 15) is 59.1 Å². The molecule has 3 saturated heterocycles. The van der Waals surface area contributed by atoms with E-state index in [1.165, 1.54) is 38.3 Å². The number of esters is 2. The molecule has 0 spiro atoms. The lowest BCUT2D eigenvalue weighted by Gasteiger charge is -2.38. The highest BCUT2D eigenvalue weighted by molar-refractivity contribution is 5.88. The van der Waals surface area contributed by atoms with Crippen LogP contribution in [0.2, 0.25) is 0 Å². The Morgan fingerprint density at radius 3 is 2.06 bits per heavy atom. The molecule has 1 aromatic rings. The monoisotopic (exact) mass is 971 g/mol. The van der Waals surface area contributed by atoms with Crippen LogP contribution in [0.3, 0.4) is 0 Å². The third-order valence-electron chi connectivity index (χ3n) is 12.8. The minimum atomic E-state index is -1.91. The number of aromatic nitrogens is 2. The molecule has 0 saturated carbocycles. The summed E-state index contributed by atoms with van der Waals surface area (Å²) in [6.07, 6.45) is -7.06. The van der Waals surface area contributed by atoms with E-state index < -0.39 is 139 Å². The van der Waals surface area contributed by atoms with Crippen LogP contribution < -0.4 is 17.0 Å². The Labute approximate surface area is 395 Å². The average Bonchev–Trinajstić information content (AvgIpc) is 3.69. The number of methoxy groups -OCH3 is 1. The number of aliphatic hydroxyl groups excluding tert-OH is 3. The molecule has 3 fully saturated rings. The van der Waals surface area contributed by atoms with Crippen molar-refractivity contribution in [3.63, 3.8) is 0 Å². The maximum absolute atomic E-state index is 14.6. The van der Waals surface area contributed by atoms with E-state index in [0.717, 1.165) is 60.9 Å². The van der Waals surface area contributed by atoms with Crippen molar-refractivity contribution in [1.29, 1.82) is 0 Å². The molecule has 3 aliphatic rings. The molecule has 4 heterocycles. The number of carboxylic acids is 2. The van der Waals surface area contributed by atoms with E-state index in [1.54, 1.807) is 6.92 Å². The maximum atomic E-state index is 14.6. The molecule has 14 unspecified atom stereocenters. The number of hydrogen-bond acceptors (Lipinski definition) is 18. The van der Waals surface area contributed by atoms with Crippen LogP contribution in [0.4, 0.5) is 0 Å². The fourth-order valence-electron chi connectivity index (χ4n) is 9.14. The molecule has 14 atom stereocenters. The second kappa shape index (κ2) is 26.6. The first kappa shape index (κ1) is 56.3. The van der Waals surface area contributed by atoms with Gasteiger partial charge < -0.3 is 64.6 Å². The molecule has 3 aliphatic heterocycles. The molecule has 0 radical (unpaired) electrons. The topological polar surface area (TPSA) is 329 Å². The number of nitrogens with zero attached hydrogens (tertiary/aromatic N) is 3. The predicted octanol–water partition coefficient (Wildman–Crippen LogP) is 0.0977. The normalized spacial score (nSPS) is 29.1. The number of H-pyrrole nitrogens is 1. The van der Waals surface area contributed by atoms with Gasteiger partial charge in [-0.05, 0) is 31.7 Å². The quantitative estimate of drug-likeness (QED) is 0.0454. The summed E-state index contributed by atoms with van der Waals surface area (Å²) in [5, 5.41) is 53.5. The lowest BCUT2D eigenvalue weighted by atomic mass is 9.97. The summed E-state index contributed by atoms with van der Waals surface area (Å²) in [5.41, 5.74) is 4.06. The van der Waals surface area contributed by atoms with Gasteiger partial charge in [0.05, 0.1) is 6.42 Å². The molecule has 386 valence electrons. The van der Waals surface area contributed by atoms with Gasteiger partial charge in [-0.25, -0.2) is 9.59 Å². The summed E-state index contributed by atoms with van der Waals surface area (Å²) in [7, 11) is 3.79. The summed E-state index contributed by atoms with van der Waals surface area (Å²) >= 11 is 0. The summed E-state index contributed by atoms with van der Waals surface area (Å²) in [6.45, 7) is 5.35. The van der Waals surface area contributed by atoms with Crippen LogP contribution in [0.5, 0.6) is 0 Å². The molecule has 1 amide bonds. The number of ether oxygens (including phenoxy) is 6. The van der Waals surface area contributed by atoms with Crippen LogP contribution in [0.1, 0.15) is 110 Å². The number of rotatable bonds is 27. The summed E-state index contributed by atoms with van der Waals surface area (Å²) in [5.74, 6) is -5.13. The summed E-state index contributed by atoms with van der Waals surface area (Å²) in [4.78, 5) is 94.5. The highest BCUT2D eigenvalue weighted by atomic mass is 16.7. The average molecular weight is 972 g/mol. The van der Waals surface area contributed by atoms with Crippen molar-refractivity contribution in [3.05, 3.63) is 33.1 Å². The largest absolute Gasteiger partial charge is 0.481 e. The number of aliphatic carboxylic acids is 2. The zero-order valence-electron chi connectivity index (χ0n) is 39.9. The molecular formula is C45H73N5O18. The molecule has 8 N–H and O–H groups in total. The lowest BCUT2D eigenvalue weighted by molar-refractivity contribution is -0.236. The highest BCUT2D eigenvalue weighted by Gasteiger charge is 2.57. The lowest BCUT2D eigenvalue weighted by Crippen LogP contribution is -2.59. The van der Waals surface area contributed by atoms with Crippen molar-refractivity contribution >= 4 is 29.8 Å². The van der Waals surface area contributed by atoms with E-state index >= 15 is 0 Å². The Morgan fingerprint density at radius 1 is 0.853 bits per heavy atom. The minimum absolute atomic E-state index is 0.189. The predicted molar refractivity (Wildman–Crippen MR) is 239 cm³/mol. The minimum Gasteiger partial charge on any atom is -0.481 e. The van der Waals surface area contributed by atoms with Crippen LogP contribution in [-0.4, -0.2) is 182 Å². The Bertz CT molecular complexity index is 1930.